The predicted molar refractivity (Wildman–Crippen MR) is 434 cm³/mol. The summed E-state index contributed by atoms with van der Waals surface area (Å²) in [5.74, 6) is -0.807. The van der Waals surface area contributed by atoms with Crippen LogP contribution in [0.5, 0.6) is 0 Å². The summed E-state index contributed by atoms with van der Waals surface area (Å²) in [4.78, 5) is 38.3. The summed E-state index contributed by atoms with van der Waals surface area (Å²) in [6, 6.07) is 0. The first-order valence-corrected chi connectivity index (χ1v) is 45.5. The van der Waals surface area contributed by atoms with Crippen LogP contribution in [0.1, 0.15) is 450 Å². The molecule has 100 heavy (non-hydrogen) atoms. The molecule has 0 fully saturated rings. The van der Waals surface area contributed by atoms with Crippen molar-refractivity contribution in [1.29, 1.82) is 0 Å². The van der Waals surface area contributed by atoms with Crippen molar-refractivity contribution >= 4 is 19.8 Å². The zero-order chi connectivity index (χ0) is 72.5. The Hall–Kier alpha value is -2.29. The molecule has 0 spiro atoms. The van der Waals surface area contributed by atoms with Crippen LogP contribution in [0.25, 0.3) is 0 Å². The van der Waals surface area contributed by atoms with Crippen molar-refractivity contribution in [1.82, 2.24) is 0 Å². The summed E-state index contributed by atoms with van der Waals surface area (Å²) >= 11 is 0. The highest BCUT2D eigenvalue weighted by Gasteiger charge is 2.22. The van der Waals surface area contributed by atoms with Gasteiger partial charge in [0.2, 0.25) is 0 Å². The molecule has 0 aliphatic heterocycles. The average molecular weight is 1430 g/mol. The Labute approximate surface area is 623 Å². The molecule has 0 radical (unpaired) electrons. The van der Waals surface area contributed by atoms with Crippen molar-refractivity contribution < 1.29 is 42.1 Å². The summed E-state index contributed by atoms with van der Waals surface area (Å²) in [5.41, 5.74) is 0. The molecule has 2 atom stereocenters. The maximum Gasteiger partial charge on any atom is 0.306 e. The highest BCUT2D eigenvalue weighted by atomic mass is 31.2. The summed E-state index contributed by atoms with van der Waals surface area (Å²) in [6.07, 6.45) is 110. The molecule has 0 heterocycles. The minimum absolute atomic E-state index is 0.0280. The van der Waals surface area contributed by atoms with Gasteiger partial charge in [-0.05, 0) is 57.8 Å². The number of nitrogens with zero attached hydrogens (tertiary/aromatic N) is 1. The van der Waals surface area contributed by atoms with E-state index < -0.39 is 26.5 Å². The highest BCUT2D eigenvalue weighted by Crippen LogP contribution is 2.38. The summed E-state index contributed by atoms with van der Waals surface area (Å²) in [6.45, 7) is 4.21. The van der Waals surface area contributed by atoms with Crippen LogP contribution >= 0.6 is 7.82 Å². The third-order valence-corrected chi connectivity index (χ3v) is 21.0. The molecule has 0 rings (SSSR count). The van der Waals surface area contributed by atoms with Crippen LogP contribution in [0.3, 0.4) is 0 Å². The normalized spacial score (nSPS) is 13.2. The van der Waals surface area contributed by atoms with Crippen LogP contribution in [0.15, 0.2) is 60.8 Å². The summed E-state index contributed by atoms with van der Waals surface area (Å²) < 4.78 is 34.5. The summed E-state index contributed by atoms with van der Waals surface area (Å²) in [5, 5.41) is 0. The smallest absolute Gasteiger partial charge is 0.306 e. The Morgan fingerprint density at radius 1 is 0.320 bits per heavy atom. The molecule has 0 aromatic carbocycles. The van der Waals surface area contributed by atoms with Gasteiger partial charge in [-0.3, -0.25) is 14.2 Å². The predicted octanol–water partition coefficient (Wildman–Crippen LogP) is 29.0. The van der Waals surface area contributed by atoms with Gasteiger partial charge in [0.25, 0.3) is 7.82 Å². The minimum atomic E-state index is -4.65. The van der Waals surface area contributed by atoms with Gasteiger partial charge >= 0.3 is 11.9 Å². The monoisotopic (exact) mass is 1420 g/mol. The number of carbonyl (C=O) groups is 2. The highest BCUT2D eigenvalue weighted by molar-refractivity contribution is 7.45. The van der Waals surface area contributed by atoms with Gasteiger partial charge in [-0.15, -0.1) is 0 Å². The van der Waals surface area contributed by atoms with Crippen molar-refractivity contribution in [3.8, 4) is 0 Å². The van der Waals surface area contributed by atoms with E-state index in [1.807, 2.05) is 21.1 Å². The maximum atomic E-state index is 12.9. The van der Waals surface area contributed by atoms with Crippen LogP contribution in [-0.4, -0.2) is 70.0 Å². The van der Waals surface area contributed by atoms with Crippen molar-refractivity contribution in [2.75, 3.05) is 47.5 Å². The largest absolute Gasteiger partial charge is 0.756 e. The van der Waals surface area contributed by atoms with Crippen molar-refractivity contribution in [3.63, 3.8) is 0 Å². The van der Waals surface area contributed by atoms with E-state index in [9.17, 15) is 19.0 Å². The lowest BCUT2D eigenvalue weighted by molar-refractivity contribution is -0.870. The van der Waals surface area contributed by atoms with Gasteiger partial charge in [-0.2, -0.15) is 0 Å². The Morgan fingerprint density at radius 3 is 0.850 bits per heavy atom. The number of likely N-dealkylation sites (N-methyl/N-ethyl adjacent to an activating group) is 1. The number of phosphoric acid groups is 1. The molecule has 2 unspecified atom stereocenters. The number of carbonyl (C=O) groups excluding carboxylic acids is 2. The molecular formula is C90H170NO8P. The Bertz CT molecular complexity index is 1870. The number of hydrogen-bond acceptors (Lipinski definition) is 8. The number of rotatable bonds is 83. The first-order valence-electron chi connectivity index (χ1n) is 44.0. The van der Waals surface area contributed by atoms with Crippen molar-refractivity contribution in [3.05, 3.63) is 60.8 Å². The average Bonchev–Trinajstić information content (AvgIpc) is 1.02. The van der Waals surface area contributed by atoms with E-state index in [0.29, 0.717) is 17.4 Å². The molecule has 0 aromatic heterocycles. The van der Waals surface area contributed by atoms with Gasteiger partial charge in [0.15, 0.2) is 6.10 Å². The van der Waals surface area contributed by atoms with E-state index in [4.69, 9.17) is 18.5 Å². The van der Waals surface area contributed by atoms with Gasteiger partial charge in [-0.1, -0.05) is 441 Å². The van der Waals surface area contributed by atoms with Crippen LogP contribution < -0.4 is 4.89 Å². The number of quaternary nitrogens is 1. The van der Waals surface area contributed by atoms with E-state index >= 15 is 0 Å². The fourth-order valence-electron chi connectivity index (χ4n) is 13.4. The third-order valence-electron chi connectivity index (χ3n) is 20.1. The lowest BCUT2D eigenvalue weighted by Gasteiger charge is -2.28. The fraction of sp³-hybridized carbons (Fsp3) is 0.867. The zero-order valence-electron chi connectivity index (χ0n) is 67.4. The van der Waals surface area contributed by atoms with Crippen LogP contribution in [0, 0.1) is 0 Å². The van der Waals surface area contributed by atoms with E-state index in [2.05, 4.69) is 74.6 Å². The van der Waals surface area contributed by atoms with Gasteiger partial charge < -0.3 is 27.9 Å². The Balaban J connectivity index is 3.85. The third kappa shape index (κ3) is 84.6. The SMILES string of the molecule is CC/C=C\C/C=C\C/C=C\C/C=C\C/C=C\CCCCCCCCCCCCCCCCCCCCCCCC(=O)OC(COC(=O)CCCCCCCCCCCCCCCCCCCCCCCCCCCCCCCCCCCCCCCCC)COP(=O)([O-])OCC[N+](C)(C)C. The second-order valence-electron chi connectivity index (χ2n) is 31.2. The number of allylic oxidation sites excluding steroid dienone is 10. The number of ether oxygens (including phenoxy) is 2. The van der Waals surface area contributed by atoms with E-state index in [1.54, 1.807) is 0 Å². The molecule has 0 aromatic rings. The molecule has 0 saturated carbocycles. The molecule has 0 aliphatic rings. The van der Waals surface area contributed by atoms with Crippen LogP contribution in [-0.2, 0) is 32.7 Å². The lowest BCUT2D eigenvalue weighted by Crippen LogP contribution is -2.37. The van der Waals surface area contributed by atoms with Gasteiger partial charge in [-0.25, -0.2) is 0 Å². The second-order valence-corrected chi connectivity index (χ2v) is 32.7. The zero-order valence-corrected chi connectivity index (χ0v) is 68.3. The fourth-order valence-corrected chi connectivity index (χ4v) is 14.1. The maximum absolute atomic E-state index is 12.9. The Kier molecular flexibility index (Phi) is 78.9. The minimum Gasteiger partial charge on any atom is -0.756 e. The first kappa shape index (κ1) is 97.7. The molecule has 0 N–H and O–H groups in total. The Morgan fingerprint density at radius 2 is 0.570 bits per heavy atom. The summed E-state index contributed by atoms with van der Waals surface area (Å²) in [7, 11) is 1.19. The number of unbranched alkanes of at least 4 members (excludes halogenated alkanes) is 59. The number of hydrogen-bond donors (Lipinski definition) is 0. The molecule has 0 aliphatic carbocycles. The molecule has 0 saturated heterocycles. The molecule has 10 heteroatoms. The van der Waals surface area contributed by atoms with Crippen LogP contribution in [0.4, 0.5) is 0 Å². The molecule has 0 amide bonds. The number of phosphoric ester groups is 1. The van der Waals surface area contributed by atoms with E-state index in [0.717, 1.165) is 64.2 Å². The quantitative estimate of drug-likeness (QED) is 0.0195. The second kappa shape index (κ2) is 80.8. The lowest BCUT2D eigenvalue weighted by atomic mass is 10.0. The topological polar surface area (TPSA) is 111 Å². The first-order chi connectivity index (χ1) is 49.0. The molecule has 588 valence electrons. The van der Waals surface area contributed by atoms with E-state index in [-0.39, 0.29) is 32.0 Å². The van der Waals surface area contributed by atoms with Gasteiger partial charge in [0.05, 0.1) is 27.7 Å². The molecular weight excluding hydrogens is 1250 g/mol. The van der Waals surface area contributed by atoms with Crippen molar-refractivity contribution in [2.45, 2.75) is 457 Å². The molecule has 0 bridgehead atoms. The van der Waals surface area contributed by atoms with Gasteiger partial charge in [0.1, 0.15) is 19.8 Å². The van der Waals surface area contributed by atoms with Crippen molar-refractivity contribution in [2.24, 2.45) is 0 Å². The number of esters is 2. The standard InChI is InChI=1S/C90H170NO8P/c1-6-8-10-12-14-16-18-20-22-24-26-28-30-32-34-36-38-40-42-44-45-47-48-50-52-54-56-58-60-62-64-66-68-70-72-74-76-78-80-82-89(92)96-86-88(87-98-100(94,95)97-85-84-91(3,4)5)99-90(93)83-81-79-77-75-73-71-69-67-65-63-61-59-57-55-53-51-49-46-43-41-39-37-35-33-31-29-27-25-23-21-19-17-15-13-11-9-7-2/h9,11,15,17,21,23,27,29,33,35,88H,6-8,10,12-14,16,18-20,22,24-26,28,30-32,34,36-87H2,1-5H3/b11-9-,17-15-,23-21-,29-27-,35-33-. The van der Waals surface area contributed by atoms with E-state index in [1.165, 1.54) is 353 Å². The van der Waals surface area contributed by atoms with Gasteiger partial charge in [0, 0.05) is 12.8 Å². The van der Waals surface area contributed by atoms with Crippen LogP contribution in [0.2, 0.25) is 0 Å². The molecule has 9 nitrogen and oxygen atoms in total.